The number of piperidine rings is 1. The van der Waals surface area contributed by atoms with Crippen molar-refractivity contribution in [2.24, 2.45) is 0 Å². The molecule has 3 nitrogen and oxygen atoms in total. The number of rotatable bonds is 4. The lowest BCUT2D eigenvalue weighted by Gasteiger charge is -2.27. The fraction of sp³-hybridized carbons (Fsp3) is 0.615. The second kappa shape index (κ2) is 6.17. The van der Waals surface area contributed by atoms with Crippen LogP contribution >= 0.6 is 11.3 Å². The van der Waals surface area contributed by atoms with Crippen molar-refractivity contribution in [3.05, 3.63) is 22.4 Å². The Morgan fingerprint density at radius 3 is 2.88 bits per heavy atom. The minimum Gasteiger partial charge on any atom is -0.342 e. The van der Waals surface area contributed by atoms with Gasteiger partial charge in [0.2, 0.25) is 5.91 Å². The standard InChI is InChI=1S/C13H20N2OS/c1-11(12-6-5-9-17-12)14-10-13(16)15-7-3-2-4-8-15/h5-6,9,11,14H,2-4,7-8,10H2,1H3. The fourth-order valence-corrected chi connectivity index (χ4v) is 2.89. The highest BCUT2D eigenvalue weighted by molar-refractivity contribution is 7.10. The highest BCUT2D eigenvalue weighted by Crippen LogP contribution is 2.17. The van der Waals surface area contributed by atoms with Crippen molar-refractivity contribution in [3.63, 3.8) is 0 Å². The summed E-state index contributed by atoms with van der Waals surface area (Å²) in [6.45, 7) is 4.44. The molecule has 1 aliphatic heterocycles. The number of hydrogen-bond donors (Lipinski definition) is 1. The van der Waals surface area contributed by atoms with Crippen LogP contribution in [0.1, 0.15) is 37.1 Å². The van der Waals surface area contributed by atoms with E-state index in [1.165, 1.54) is 11.3 Å². The van der Waals surface area contributed by atoms with Crippen molar-refractivity contribution >= 4 is 17.2 Å². The van der Waals surface area contributed by atoms with Crippen molar-refractivity contribution in [1.82, 2.24) is 10.2 Å². The Morgan fingerprint density at radius 1 is 1.47 bits per heavy atom. The minimum atomic E-state index is 0.244. The van der Waals surface area contributed by atoms with Crippen LogP contribution in [0.5, 0.6) is 0 Å². The van der Waals surface area contributed by atoms with E-state index in [2.05, 4.69) is 23.7 Å². The van der Waals surface area contributed by atoms with E-state index in [0.29, 0.717) is 6.54 Å². The second-order valence-electron chi connectivity index (χ2n) is 4.56. The number of hydrogen-bond acceptors (Lipinski definition) is 3. The lowest BCUT2D eigenvalue weighted by molar-refractivity contribution is -0.131. The molecule has 1 fully saturated rings. The molecule has 0 bridgehead atoms. The Bertz CT molecular complexity index is 344. The average molecular weight is 252 g/mol. The summed E-state index contributed by atoms with van der Waals surface area (Å²) in [6, 6.07) is 4.42. The molecule has 1 N–H and O–H groups in total. The molecule has 1 atom stereocenters. The van der Waals surface area contributed by atoms with Crippen molar-refractivity contribution < 1.29 is 4.79 Å². The number of likely N-dealkylation sites (tertiary alicyclic amines) is 1. The summed E-state index contributed by atoms with van der Waals surface area (Å²) in [5, 5.41) is 5.37. The molecule has 0 radical (unpaired) electrons. The predicted molar refractivity (Wildman–Crippen MR) is 71.2 cm³/mol. The number of nitrogens with zero attached hydrogens (tertiary/aromatic N) is 1. The summed E-state index contributed by atoms with van der Waals surface area (Å²) >= 11 is 1.73. The Hall–Kier alpha value is -0.870. The van der Waals surface area contributed by atoms with E-state index in [1.807, 2.05) is 11.0 Å². The zero-order valence-electron chi connectivity index (χ0n) is 10.3. The normalized spacial score (nSPS) is 18.1. The largest absolute Gasteiger partial charge is 0.342 e. The third-order valence-electron chi connectivity index (χ3n) is 3.24. The molecule has 1 unspecified atom stereocenters. The maximum Gasteiger partial charge on any atom is 0.236 e. The van der Waals surface area contributed by atoms with Crippen LogP contribution in [0, 0.1) is 0 Å². The molecule has 17 heavy (non-hydrogen) atoms. The summed E-state index contributed by atoms with van der Waals surface area (Å²) in [4.78, 5) is 15.2. The van der Waals surface area contributed by atoms with Gasteiger partial charge in [-0.2, -0.15) is 0 Å². The molecule has 1 aliphatic rings. The SMILES string of the molecule is CC(NCC(=O)N1CCCCC1)c1cccs1. The zero-order valence-corrected chi connectivity index (χ0v) is 11.1. The van der Waals surface area contributed by atoms with Gasteiger partial charge in [0.25, 0.3) is 0 Å². The van der Waals surface area contributed by atoms with Crippen molar-refractivity contribution in [1.29, 1.82) is 0 Å². The summed E-state index contributed by atoms with van der Waals surface area (Å²) in [7, 11) is 0. The molecule has 2 heterocycles. The first-order chi connectivity index (χ1) is 8.27. The van der Waals surface area contributed by atoms with Crippen molar-refractivity contribution in [2.45, 2.75) is 32.2 Å². The molecule has 94 valence electrons. The van der Waals surface area contributed by atoms with Crippen LogP contribution in [0.4, 0.5) is 0 Å². The lowest BCUT2D eigenvalue weighted by Crippen LogP contribution is -2.41. The Balaban J connectivity index is 1.75. The molecule has 1 amide bonds. The molecule has 1 aromatic heterocycles. The zero-order chi connectivity index (χ0) is 12.1. The highest BCUT2D eigenvalue weighted by atomic mass is 32.1. The molecule has 0 aliphatic carbocycles. The van der Waals surface area contributed by atoms with Gasteiger partial charge in [0.05, 0.1) is 6.54 Å². The van der Waals surface area contributed by atoms with E-state index in [9.17, 15) is 4.79 Å². The fourth-order valence-electron chi connectivity index (χ4n) is 2.13. The topological polar surface area (TPSA) is 32.3 Å². The quantitative estimate of drug-likeness (QED) is 0.892. The number of amides is 1. The van der Waals surface area contributed by atoms with E-state index in [1.54, 1.807) is 11.3 Å². The molecular formula is C13H20N2OS. The molecule has 0 saturated carbocycles. The number of thiophene rings is 1. The number of carbonyl (C=O) groups is 1. The molecule has 2 rings (SSSR count). The third-order valence-corrected chi connectivity index (χ3v) is 4.29. The average Bonchev–Trinajstić information content (AvgIpc) is 2.90. The molecule has 0 spiro atoms. The molecular weight excluding hydrogens is 232 g/mol. The van der Waals surface area contributed by atoms with E-state index in [4.69, 9.17) is 0 Å². The first kappa shape index (κ1) is 12.6. The third kappa shape index (κ3) is 3.54. The monoisotopic (exact) mass is 252 g/mol. The molecule has 0 aromatic carbocycles. The highest BCUT2D eigenvalue weighted by Gasteiger charge is 2.17. The molecule has 1 aromatic rings. The van der Waals surface area contributed by atoms with Gasteiger partial charge in [0.1, 0.15) is 0 Å². The van der Waals surface area contributed by atoms with Gasteiger partial charge >= 0.3 is 0 Å². The van der Waals surface area contributed by atoms with E-state index < -0.39 is 0 Å². The van der Waals surface area contributed by atoms with Gasteiger partial charge in [-0.25, -0.2) is 0 Å². The minimum absolute atomic E-state index is 0.244. The summed E-state index contributed by atoms with van der Waals surface area (Å²) in [5.74, 6) is 0.244. The van der Waals surface area contributed by atoms with Crippen molar-refractivity contribution in [3.8, 4) is 0 Å². The van der Waals surface area contributed by atoms with Gasteiger partial charge in [0, 0.05) is 24.0 Å². The molecule has 4 heteroatoms. The van der Waals surface area contributed by atoms with Crippen LogP contribution in [0.3, 0.4) is 0 Å². The van der Waals surface area contributed by atoms with Crippen LogP contribution in [-0.4, -0.2) is 30.4 Å². The Labute approximate surface area is 107 Å². The van der Waals surface area contributed by atoms with Gasteiger partial charge in [0.15, 0.2) is 0 Å². The number of carbonyl (C=O) groups excluding carboxylic acids is 1. The molecule has 1 saturated heterocycles. The van der Waals surface area contributed by atoms with Crippen LogP contribution in [0.15, 0.2) is 17.5 Å². The smallest absolute Gasteiger partial charge is 0.236 e. The van der Waals surface area contributed by atoms with Gasteiger partial charge in [-0.15, -0.1) is 11.3 Å². The summed E-state index contributed by atoms with van der Waals surface area (Å²) in [6.07, 6.45) is 3.58. The van der Waals surface area contributed by atoms with Gasteiger partial charge < -0.3 is 10.2 Å². The Morgan fingerprint density at radius 2 is 2.24 bits per heavy atom. The number of nitrogens with one attached hydrogen (secondary N) is 1. The lowest BCUT2D eigenvalue weighted by atomic mass is 10.1. The van der Waals surface area contributed by atoms with Crippen LogP contribution in [0.25, 0.3) is 0 Å². The van der Waals surface area contributed by atoms with Crippen LogP contribution < -0.4 is 5.32 Å². The van der Waals surface area contributed by atoms with E-state index in [-0.39, 0.29) is 11.9 Å². The first-order valence-corrected chi connectivity index (χ1v) is 7.20. The van der Waals surface area contributed by atoms with Crippen LogP contribution in [0.2, 0.25) is 0 Å². The maximum absolute atomic E-state index is 11.9. The van der Waals surface area contributed by atoms with Gasteiger partial charge in [-0.1, -0.05) is 6.07 Å². The van der Waals surface area contributed by atoms with Gasteiger partial charge in [-0.05, 0) is 37.6 Å². The van der Waals surface area contributed by atoms with Crippen molar-refractivity contribution in [2.75, 3.05) is 19.6 Å². The van der Waals surface area contributed by atoms with E-state index >= 15 is 0 Å². The first-order valence-electron chi connectivity index (χ1n) is 6.32. The predicted octanol–water partition coefficient (Wildman–Crippen LogP) is 2.41. The second-order valence-corrected chi connectivity index (χ2v) is 5.54. The maximum atomic E-state index is 11.9. The van der Waals surface area contributed by atoms with E-state index in [0.717, 1.165) is 25.9 Å². The summed E-state index contributed by atoms with van der Waals surface area (Å²) in [5.41, 5.74) is 0. The Kier molecular flexibility index (Phi) is 4.57. The van der Waals surface area contributed by atoms with Crippen LogP contribution in [-0.2, 0) is 4.79 Å². The summed E-state index contributed by atoms with van der Waals surface area (Å²) < 4.78 is 0. The van der Waals surface area contributed by atoms with Gasteiger partial charge in [-0.3, -0.25) is 4.79 Å².